The van der Waals surface area contributed by atoms with Crippen LogP contribution in [-0.4, -0.2) is 35.4 Å². The van der Waals surface area contributed by atoms with Gasteiger partial charge in [-0.3, -0.25) is 14.9 Å². The molecular formula is C14H20ClN3O3. The van der Waals surface area contributed by atoms with Crippen molar-refractivity contribution in [2.45, 2.75) is 19.3 Å². The summed E-state index contributed by atoms with van der Waals surface area (Å²) in [6, 6.07) is 6.40. The Morgan fingerprint density at radius 3 is 2.52 bits per heavy atom. The molecule has 116 valence electrons. The van der Waals surface area contributed by atoms with Gasteiger partial charge in [0.2, 0.25) is 5.91 Å². The van der Waals surface area contributed by atoms with Gasteiger partial charge in [0, 0.05) is 24.7 Å². The number of carbonyl (C=O) groups is 1. The van der Waals surface area contributed by atoms with E-state index in [2.05, 4.69) is 0 Å². The molecule has 2 N–H and O–H groups in total. The Bertz CT molecular complexity index is 502. The Hall–Kier alpha value is -1.66. The Morgan fingerprint density at radius 2 is 1.95 bits per heavy atom. The number of nitrogens with zero attached hydrogens (tertiary/aromatic N) is 2. The van der Waals surface area contributed by atoms with E-state index in [0.29, 0.717) is 31.1 Å². The van der Waals surface area contributed by atoms with Crippen molar-refractivity contribution in [1.82, 2.24) is 4.90 Å². The quantitative estimate of drug-likeness (QED) is 0.677. The van der Waals surface area contributed by atoms with Gasteiger partial charge in [-0.15, -0.1) is 12.4 Å². The van der Waals surface area contributed by atoms with E-state index in [-0.39, 0.29) is 30.4 Å². The second-order valence-corrected chi connectivity index (χ2v) is 5.12. The normalized spacial score (nSPS) is 15.4. The van der Waals surface area contributed by atoms with Crippen LogP contribution in [0.2, 0.25) is 0 Å². The zero-order valence-corrected chi connectivity index (χ0v) is 12.6. The molecule has 21 heavy (non-hydrogen) atoms. The second-order valence-electron chi connectivity index (χ2n) is 5.12. The minimum absolute atomic E-state index is 0. The number of piperidine rings is 1. The molecule has 0 radical (unpaired) electrons. The van der Waals surface area contributed by atoms with Crippen molar-refractivity contribution in [3.05, 3.63) is 39.9 Å². The summed E-state index contributed by atoms with van der Waals surface area (Å²) in [5.41, 5.74) is 6.11. The Morgan fingerprint density at radius 1 is 1.33 bits per heavy atom. The Labute approximate surface area is 129 Å². The number of nitro groups is 1. The molecule has 1 heterocycles. The molecule has 0 unspecified atom stereocenters. The molecule has 0 bridgehead atoms. The number of nitrogens with two attached hydrogens (primary N) is 1. The maximum absolute atomic E-state index is 12.2. The summed E-state index contributed by atoms with van der Waals surface area (Å²) < 4.78 is 0. The summed E-state index contributed by atoms with van der Waals surface area (Å²) in [7, 11) is 0. The summed E-state index contributed by atoms with van der Waals surface area (Å²) in [5, 5.41) is 10.9. The number of likely N-dealkylation sites (tertiary alicyclic amines) is 1. The van der Waals surface area contributed by atoms with Gasteiger partial charge in [-0.2, -0.15) is 0 Å². The predicted octanol–water partition coefficient (Wildman–Crippen LogP) is 1.76. The average molecular weight is 314 g/mol. The van der Waals surface area contributed by atoms with E-state index in [9.17, 15) is 14.9 Å². The minimum Gasteiger partial charge on any atom is -0.342 e. The lowest BCUT2D eigenvalue weighted by molar-refractivity contribution is -0.385. The van der Waals surface area contributed by atoms with Crippen molar-refractivity contribution in [1.29, 1.82) is 0 Å². The van der Waals surface area contributed by atoms with Gasteiger partial charge in [-0.25, -0.2) is 0 Å². The van der Waals surface area contributed by atoms with Crippen LogP contribution in [-0.2, 0) is 11.2 Å². The monoisotopic (exact) mass is 313 g/mol. The van der Waals surface area contributed by atoms with Crippen molar-refractivity contribution >= 4 is 24.0 Å². The standard InChI is InChI=1S/C14H19N3O3.ClH/c15-10-11-5-7-16(8-6-11)14(18)9-12-3-1-2-4-13(12)17(19)20;/h1-4,11H,5-10,15H2;1H. The van der Waals surface area contributed by atoms with Crippen molar-refractivity contribution < 1.29 is 9.72 Å². The molecular weight excluding hydrogens is 294 g/mol. The third-order valence-electron chi connectivity index (χ3n) is 3.83. The molecule has 0 atom stereocenters. The van der Waals surface area contributed by atoms with Crippen LogP contribution in [0.15, 0.2) is 24.3 Å². The maximum Gasteiger partial charge on any atom is 0.273 e. The summed E-state index contributed by atoms with van der Waals surface area (Å²) in [6.07, 6.45) is 1.92. The van der Waals surface area contributed by atoms with E-state index in [0.717, 1.165) is 12.8 Å². The van der Waals surface area contributed by atoms with Gasteiger partial charge in [0.05, 0.1) is 11.3 Å². The largest absolute Gasteiger partial charge is 0.342 e. The molecule has 0 spiro atoms. The molecule has 6 nitrogen and oxygen atoms in total. The number of amides is 1. The van der Waals surface area contributed by atoms with E-state index >= 15 is 0 Å². The average Bonchev–Trinajstić information content (AvgIpc) is 2.47. The fourth-order valence-electron chi connectivity index (χ4n) is 2.53. The number of hydrogen-bond donors (Lipinski definition) is 1. The first-order valence-corrected chi connectivity index (χ1v) is 6.82. The number of carbonyl (C=O) groups excluding carboxylic acids is 1. The van der Waals surface area contributed by atoms with Gasteiger partial charge >= 0.3 is 0 Å². The molecule has 1 aromatic rings. The fourth-order valence-corrected chi connectivity index (χ4v) is 2.53. The molecule has 0 saturated carbocycles. The van der Waals surface area contributed by atoms with Crippen LogP contribution < -0.4 is 5.73 Å². The molecule has 7 heteroatoms. The van der Waals surface area contributed by atoms with E-state index in [1.54, 1.807) is 23.1 Å². The van der Waals surface area contributed by atoms with E-state index in [1.165, 1.54) is 6.07 Å². The molecule has 1 amide bonds. The lowest BCUT2D eigenvalue weighted by atomic mass is 9.96. The second kappa shape index (κ2) is 7.95. The van der Waals surface area contributed by atoms with Crippen molar-refractivity contribution in [2.24, 2.45) is 11.7 Å². The van der Waals surface area contributed by atoms with Crippen LogP contribution in [0.5, 0.6) is 0 Å². The Kier molecular flexibility index (Phi) is 6.58. The highest BCUT2D eigenvalue weighted by molar-refractivity contribution is 5.85. The zero-order chi connectivity index (χ0) is 14.5. The fraction of sp³-hybridized carbons (Fsp3) is 0.500. The number of benzene rings is 1. The van der Waals surface area contributed by atoms with Crippen LogP contribution in [0.3, 0.4) is 0 Å². The number of para-hydroxylation sites is 1. The van der Waals surface area contributed by atoms with Crippen LogP contribution in [0.4, 0.5) is 5.69 Å². The van der Waals surface area contributed by atoms with Gasteiger partial charge in [-0.05, 0) is 25.3 Å². The molecule has 1 saturated heterocycles. The lowest BCUT2D eigenvalue weighted by Gasteiger charge is -2.31. The molecule has 0 aliphatic carbocycles. The summed E-state index contributed by atoms with van der Waals surface area (Å²) in [5.74, 6) is 0.444. The van der Waals surface area contributed by atoms with E-state index in [4.69, 9.17) is 5.73 Å². The molecule has 1 aliphatic rings. The molecule has 1 aliphatic heterocycles. The summed E-state index contributed by atoms with van der Waals surface area (Å²) in [4.78, 5) is 24.5. The highest BCUT2D eigenvalue weighted by Crippen LogP contribution is 2.21. The maximum atomic E-state index is 12.2. The zero-order valence-electron chi connectivity index (χ0n) is 11.7. The van der Waals surface area contributed by atoms with Crippen LogP contribution >= 0.6 is 12.4 Å². The van der Waals surface area contributed by atoms with E-state index in [1.807, 2.05) is 0 Å². The van der Waals surface area contributed by atoms with Gasteiger partial charge in [0.25, 0.3) is 5.69 Å². The number of rotatable bonds is 4. The predicted molar refractivity (Wildman–Crippen MR) is 82.4 cm³/mol. The van der Waals surface area contributed by atoms with E-state index < -0.39 is 4.92 Å². The SMILES string of the molecule is Cl.NCC1CCN(C(=O)Cc2ccccc2[N+](=O)[O-])CC1. The third-order valence-corrected chi connectivity index (χ3v) is 3.83. The summed E-state index contributed by atoms with van der Waals surface area (Å²) >= 11 is 0. The summed E-state index contributed by atoms with van der Waals surface area (Å²) in [6.45, 7) is 2.05. The lowest BCUT2D eigenvalue weighted by Crippen LogP contribution is -2.40. The van der Waals surface area contributed by atoms with Crippen molar-refractivity contribution in [2.75, 3.05) is 19.6 Å². The first-order valence-electron chi connectivity index (χ1n) is 6.82. The smallest absolute Gasteiger partial charge is 0.273 e. The van der Waals surface area contributed by atoms with Crippen LogP contribution in [0.1, 0.15) is 18.4 Å². The topological polar surface area (TPSA) is 89.5 Å². The highest BCUT2D eigenvalue weighted by atomic mass is 35.5. The first-order chi connectivity index (χ1) is 9.61. The van der Waals surface area contributed by atoms with Crippen molar-refractivity contribution in [3.8, 4) is 0 Å². The molecule has 2 rings (SSSR count). The van der Waals surface area contributed by atoms with Crippen molar-refractivity contribution in [3.63, 3.8) is 0 Å². The highest BCUT2D eigenvalue weighted by Gasteiger charge is 2.24. The third kappa shape index (κ3) is 4.41. The van der Waals surface area contributed by atoms with Crippen LogP contribution in [0, 0.1) is 16.0 Å². The Balaban J connectivity index is 0.00000220. The van der Waals surface area contributed by atoms with Gasteiger partial charge in [-0.1, -0.05) is 18.2 Å². The molecule has 1 fully saturated rings. The van der Waals surface area contributed by atoms with Gasteiger partial charge in [0.15, 0.2) is 0 Å². The first kappa shape index (κ1) is 17.4. The van der Waals surface area contributed by atoms with Gasteiger partial charge in [0.1, 0.15) is 0 Å². The van der Waals surface area contributed by atoms with Gasteiger partial charge < -0.3 is 10.6 Å². The number of nitro benzene ring substituents is 1. The molecule has 0 aromatic heterocycles. The molecule has 1 aromatic carbocycles. The number of halogens is 1. The number of hydrogen-bond acceptors (Lipinski definition) is 4. The van der Waals surface area contributed by atoms with Crippen LogP contribution in [0.25, 0.3) is 0 Å². The minimum atomic E-state index is -0.441.